The molecule has 0 spiro atoms. The van der Waals surface area contributed by atoms with Crippen LogP contribution in [0, 0.1) is 0 Å². The summed E-state index contributed by atoms with van der Waals surface area (Å²) in [6.07, 6.45) is 4.35. The molecular formula is C19H23N7O4. The van der Waals surface area contributed by atoms with Crippen LogP contribution in [-0.4, -0.2) is 61.4 Å². The van der Waals surface area contributed by atoms with E-state index in [0.717, 1.165) is 16.7 Å². The third-order valence-electron chi connectivity index (χ3n) is 5.06. The molecule has 1 aliphatic heterocycles. The van der Waals surface area contributed by atoms with Crippen molar-refractivity contribution < 1.29 is 18.7 Å². The summed E-state index contributed by atoms with van der Waals surface area (Å²) in [6.45, 7) is 4.71. The summed E-state index contributed by atoms with van der Waals surface area (Å²) in [5.41, 5.74) is 2.06. The SMILES string of the molecule is CCn1ncc2c(NC3CCOC(=O)C3)c(-c3nnc(CN(C)C(C)=O)o3)cnc21. The minimum absolute atomic E-state index is 0.0909. The van der Waals surface area contributed by atoms with Gasteiger partial charge in [-0.05, 0) is 6.92 Å². The summed E-state index contributed by atoms with van der Waals surface area (Å²) in [7, 11) is 1.66. The number of esters is 1. The molecule has 0 radical (unpaired) electrons. The second-order valence-electron chi connectivity index (χ2n) is 7.18. The molecule has 0 bridgehead atoms. The second kappa shape index (κ2) is 8.09. The Labute approximate surface area is 172 Å². The first-order chi connectivity index (χ1) is 14.5. The first-order valence-corrected chi connectivity index (χ1v) is 9.77. The lowest BCUT2D eigenvalue weighted by molar-refractivity contribution is -0.147. The quantitative estimate of drug-likeness (QED) is 0.599. The van der Waals surface area contributed by atoms with Crippen molar-refractivity contribution in [2.45, 2.75) is 45.8 Å². The molecule has 1 fully saturated rings. The molecule has 4 heterocycles. The Hall–Kier alpha value is -3.50. The van der Waals surface area contributed by atoms with Crippen molar-refractivity contribution in [3.63, 3.8) is 0 Å². The highest BCUT2D eigenvalue weighted by Gasteiger charge is 2.25. The summed E-state index contributed by atoms with van der Waals surface area (Å²) in [5.74, 6) is 0.263. The van der Waals surface area contributed by atoms with Crippen molar-refractivity contribution >= 4 is 28.6 Å². The highest BCUT2D eigenvalue weighted by molar-refractivity contribution is 5.96. The van der Waals surface area contributed by atoms with Crippen LogP contribution in [0.25, 0.3) is 22.5 Å². The number of carbonyl (C=O) groups is 2. The Bertz CT molecular complexity index is 1090. The van der Waals surface area contributed by atoms with E-state index in [1.165, 1.54) is 11.8 Å². The Morgan fingerprint density at radius 3 is 2.93 bits per heavy atom. The standard InChI is InChI=1S/C19H23N7O4/c1-4-26-18-13(9-21-26)17(22-12-5-6-29-16(28)7-12)14(8-20-18)19-24-23-15(30-19)10-25(3)11(2)27/h8-9,12H,4-7,10H2,1-3H3,(H,20,22). The molecule has 4 rings (SSSR count). The van der Waals surface area contributed by atoms with Gasteiger partial charge in [0.25, 0.3) is 5.89 Å². The molecule has 3 aromatic rings. The highest BCUT2D eigenvalue weighted by Crippen LogP contribution is 2.34. The predicted molar refractivity (Wildman–Crippen MR) is 106 cm³/mol. The molecule has 1 saturated heterocycles. The summed E-state index contributed by atoms with van der Waals surface area (Å²) in [4.78, 5) is 29.2. The van der Waals surface area contributed by atoms with Crippen LogP contribution in [0.2, 0.25) is 0 Å². The Morgan fingerprint density at radius 1 is 1.37 bits per heavy atom. The lowest BCUT2D eigenvalue weighted by atomic mass is 10.1. The number of aryl methyl sites for hydroxylation is 1. The zero-order valence-electron chi connectivity index (χ0n) is 17.1. The number of aromatic nitrogens is 5. The van der Waals surface area contributed by atoms with E-state index in [1.807, 2.05) is 6.92 Å². The Balaban J connectivity index is 1.73. The number of pyridine rings is 1. The van der Waals surface area contributed by atoms with Crippen molar-refractivity contribution in [1.29, 1.82) is 0 Å². The van der Waals surface area contributed by atoms with Gasteiger partial charge in [-0.25, -0.2) is 9.67 Å². The van der Waals surface area contributed by atoms with E-state index < -0.39 is 0 Å². The van der Waals surface area contributed by atoms with Crippen LogP contribution >= 0.6 is 0 Å². The molecule has 11 nitrogen and oxygen atoms in total. The molecule has 0 aromatic carbocycles. The number of hydrogen-bond acceptors (Lipinski definition) is 9. The van der Waals surface area contributed by atoms with Gasteiger partial charge in [-0.15, -0.1) is 10.2 Å². The first kappa shape index (κ1) is 19.8. The summed E-state index contributed by atoms with van der Waals surface area (Å²) in [6, 6.07) is -0.0909. The number of hydrogen-bond donors (Lipinski definition) is 1. The summed E-state index contributed by atoms with van der Waals surface area (Å²) < 4.78 is 12.6. The molecule has 11 heteroatoms. The predicted octanol–water partition coefficient (Wildman–Crippen LogP) is 1.60. The van der Waals surface area contributed by atoms with Crippen LogP contribution in [-0.2, 0) is 27.4 Å². The van der Waals surface area contributed by atoms with Crippen molar-refractivity contribution in [2.75, 3.05) is 19.0 Å². The minimum atomic E-state index is -0.234. The molecule has 1 unspecified atom stereocenters. The van der Waals surface area contributed by atoms with Crippen LogP contribution in [0.4, 0.5) is 5.69 Å². The van der Waals surface area contributed by atoms with E-state index in [2.05, 4.69) is 25.6 Å². The number of nitrogens with zero attached hydrogens (tertiary/aromatic N) is 6. The fourth-order valence-electron chi connectivity index (χ4n) is 3.32. The van der Waals surface area contributed by atoms with Crippen molar-refractivity contribution in [1.82, 2.24) is 29.9 Å². The summed E-state index contributed by atoms with van der Waals surface area (Å²) >= 11 is 0. The van der Waals surface area contributed by atoms with Gasteiger partial charge in [-0.2, -0.15) is 5.10 Å². The number of ether oxygens (including phenoxy) is 1. The molecule has 1 aliphatic rings. The maximum Gasteiger partial charge on any atom is 0.307 e. The number of fused-ring (bicyclic) bond motifs is 1. The average molecular weight is 413 g/mol. The average Bonchev–Trinajstić information content (AvgIpc) is 3.35. The molecule has 1 N–H and O–H groups in total. The van der Waals surface area contributed by atoms with E-state index in [-0.39, 0.29) is 36.8 Å². The Morgan fingerprint density at radius 2 is 2.20 bits per heavy atom. The maximum absolute atomic E-state index is 11.7. The number of nitrogens with one attached hydrogen (secondary N) is 1. The second-order valence-corrected chi connectivity index (χ2v) is 7.18. The molecule has 1 atom stereocenters. The van der Waals surface area contributed by atoms with Gasteiger partial charge in [0, 0.05) is 39.2 Å². The van der Waals surface area contributed by atoms with E-state index in [1.54, 1.807) is 24.1 Å². The fourth-order valence-corrected chi connectivity index (χ4v) is 3.32. The van der Waals surface area contributed by atoms with Crippen LogP contribution in [0.5, 0.6) is 0 Å². The van der Waals surface area contributed by atoms with E-state index in [4.69, 9.17) is 9.15 Å². The summed E-state index contributed by atoms with van der Waals surface area (Å²) in [5, 5.41) is 16.8. The van der Waals surface area contributed by atoms with E-state index in [9.17, 15) is 9.59 Å². The van der Waals surface area contributed by atoms with E-state index >= 15 is 0 Å². The number of rotatable bonds is 6. The van der Waals surface area contributed by atoms with Crippen LogP contribution in [0.3, 0.4) is 0 Å². The minimum Gasteiger partial charge on any atom is -0.466 e. The molecule has 0 saturated carbocycles. The van der Waals surface area contributed by atoms with Gasteiger partial charge in [0.2, 0.25) is 11.8 Å². The zero-order chi connectivity index (χ0) is 21.3. The van der Waals surface area contributed by atoms with Gasteiger partial charge in [0.15, 0.2) is 5.65 Å². The van der Waals surface area contributed by atoms with Crippen LogP contribution in [0.1, 0.15) is 32.6 Å². The monoisotopic (exact) mass is 413 g/mol. The van der Waals surface area contributed by atoms with Gasteiger partial charge < -0.3 is 19.4 Å². The van der Waals surface area contributed by atoms with Crippen LogP contribution in [0.15, 0.2) is 16.8 Å². The van der Waals surface area contributed by atoms with Gasteiger partial charge >= 0.3 is 5.97 Å². The van der Waals surface area contributed by atoms with Crippen LogP contribution < -0.4 is 5.32 Å². The molecule has 1 amide bonds. The van der Waals surface area contributed by atoms with Crippen molar-refractivity contribution in [2.24, 2.45) is 0 Å². The topological polar surface area (TPSA) is 128 Å². The van der Waals surface area contributed by atoms with Crippen molar-refractivity contribution in [3.8, 4) is 11.5 Å². The molecule has 0 aliphatic carbocycles. The third kappa shape index (κ3) is 3.82. The van der Waals surface area contributed by atoms with E-state index in [0.29, 0.717) is 31.0 Å². The van der Waals surface area contributed by atoms with Gasteiger partial charge in [-0.3, -0.25) is 9.59 Å². The lowest BCUT2D eigenvalue weighted by Gasteiger charge is -2.24. The van der Waals surface area contributed by atoms with Gasteiger partial charge in [-0.1, -0.05) is 0 Å². The normalized spacial score (nSPS) is 16.5. The largest absolute Gasteiger partial charge is 0.466 e. The smallest absolute Gasteiger partial charge is 0.307 e. The number of carbonyl (C=O) groups excluding carboxylic acids is 2. The van der Waals surface area contributed by atoms with Gasteiger partial charge in [0.05, 0.1) is 42.4 Å². The highest BCUT2D eigenvalue weighted by atomic mass is 16.5. The molecular weight excluding hydrogens is 390 g/mol. The lowest BCUT2D eigenvalue weighted by Crippen LogP contribution is -2.31. The maximum atomic E-state index is 11.7. The Kier molecular flexibility index (Phi) is 5.34. The molecule has 30 heavy (non-hydrogen) atoms. The molecule has 3 aromatic heterocycles. The zero-order valence-corrected chi connectivity index (χ0v) is 17.1. The fraction of sp³-hybridized carbons (Fsp3) is 0.474. The number of anilines is 1. The van der Waals surface area contributed by atoms with Crippen molar-refractivity contribution in [3.05, 3.63) is 18.3 Å². The van der Waals surface area contributed by atoms with Gasteiger partial charge in [0.1, 0.15) is 0 Å². The number of cyclic esters (lactones) is 1. The third-order valence-corrected chi connectivity index (χ3v) is 5.06. The molecule has 158 valence electrons. The number of amides is 1. The first-order valence-electron chi connectivity index (χ1n) is 9.77.